The summed E-state index contributed by atoms with van der Waals surface area (Å²) in [4.78, 5) is 11.2. The van der Waals surface area contributed by atoms with E-state index in [1.807, 2.05) is 6.07 Å². The molecule has 1 aromatic heterocycles. The lowest BCUT2D eigenvalue weighted by Crippen LogP contribution is -2.03. The number of benzene rings is 2. The van der Waals surface area contributed by atoms with E-state index in [-0.39, 0.29) is 23.8 Å². The fourth-order valence-corrected chi connectivity index (χ4v) is 3.48. The lowest BCUT2D eigenvalue weighted by atomic mass is 10.0. The van der Waals surface area contributed by atoms with E-state index in [4.69, 9.17) is 21.6 Å². The van der Waals surface area contributed by atoms with Gasteiger partial charge in [0, 0.05) is 16.8 Å². The highest BCUT2D eigenvalue weighted by atomic mass is 35.5. The largest absolute Gasteiger partial charge is 0.409 e. The van der Waals surface area contributed by atoms with Gasteiger partial charge in [-0.25, -0.2) is 13.1 Å². The maximum Gasteiger partial charge on any atom is 0.299 e. The van der Waals surface area contributed by atoms with E-state index in [2.05, 4.69) is 5.10 Å². The summed E-state index contributed by atoms with van der Waals surface area (Å²) in [6, 6.07) is 15.0. The number of carbonyl (C=O) groups excluding carboxylic acids is 1. The van der Waals surface area contributed by atoms with Crippen LogP contribution >= 0.6 is 11.6 Å². The predicted octanol–water partition coefficient (Wildman–Crippen LogP) is 3.33. The zero-order valence-electron chi connectivity index (χ0n) is 14.7. The lowest BCUT2D eigenvalue weighted by Gasteiger charge is -2.07. The molecular formula is C19H14ClN3O4S. The smallest absolute Gasteiger partial charge is 0.299 e. The summed E-state index contributed by atoms with van der Waals surface area (Å²) >= 11 is 5.96. The molecule has 0 unspecified atom stereocenters. The molecule has 0 aliphatic rings. The Kier molecular flexibility index (Phi) is 5.49. The Bertz CT molecular complexity index is 1160. The number of halogens is 1. The van der Waals surface area contributed by atoms with E-state index in [0.717, 1.165) is 6.26 Å². The fraction of sp³-hybridized carbons (Fsp3) is 0.105. The number of sulfone groups is 1. The summed E-state index contributed by atoms with van der Waals surface area (Å²) in [7, 11) is -3.34. The van der Waals surface area contributed by atoms with Crippen molar-refractivity contribution in [2.45, 2.75) is 11.4 Å². The van der Waals surface area contributed by atoms with E-state index in [1.165, 1.54) is 16.8 Å². The number of rotatable bonds is 6. The lowest BCUT2D eigenvalue weighted by molar-refractivity contribution is -0.121. The first-order valence-electron chi connectivity index (χ1n) is 7.99. The van der Waals surface area contributed by atoms with Gasteiger partial charge in [-0.15, -0.1) is 0 Å². The molecule has 0 aliphatic heterocycles. The number of nitrogens with zero attached hydrogens (tertiary/aromatic N) is 3. The molecule has 0 bridgehead atoms. The predicted molar refractivity (Wildman–Crippen MR) is 104 cm³/mol. The number of hydrogen-bond acceptors (Lipinski definition) is 6. The van der Waals surface area contributed by atoms with Gasteiger partial charge in [0.15, 0.2) is 9.84 Å². The summed E-state index contributed by atoms with van der Waals surface area (Å²) < 4.78 is 29.8. The van der Waals surface area contributed by atoms with Gasteiger partial charge in [-0.3, -0.25) is 4.79 Å². The Balaban J connectivity index is 2.24. The average Bonchev–Trinajstić information content (AvgIpc) is 3.01. The highest BCUT2D eigenvalue weighted by molar-refractivity contribution is 7.90. The maximum atomic E-state index is 11.7. The van der Waals surface area contributed by atoms with Crippen LogP contribution < -0.4 is 4.74 Å². The molecule has 0 N–H and O–H groups in total. The standard InChI is InChI=1S/C19H14ClN3O4S/c1-28(25,26)16-8-4-14(5-9-16)18-17(13-2-6-15(20)7-3-13)19(27-12-24)23(22-18)11-10-21/h2-9,12H,11H2,1H3. The molecule has 1 heterocycles. The molecule has 0 aliphatic carbocycles. The van der Waals surface area contributed by atoms with Crippen LogP contribution in [0.3, 0.4) is 0 Å². The molecule has 0 spiro atoms. The van der Waals surface area contributed by atoms with Crippen LogP contribution in [0, 0.1) is 11.3 Å². The van der Waals surface area contributed by atoms with Gasteiger partial charge in [0.25, 0.3) is 6.47 Å². The van der Waals surface area contributed by atoms with Crippen LogP contribution in [-0.4, -0.2) is 30.9 Å². The minimum atomic E-state index is -3.34. The minimum absolute atomic E-state index is 0.112. The third-order valence-electron chi connectivity index (χ3n) is 3.97. The van der Waals surface area contributed by atoms with Gasteiger partial charge in [-0.05, 0) is 29.8 Å². The normalized spacial score (nSPS) is 11.0. The zero-order valence-corrected chi connectivity index (χ0v) is 16.2. The van der Waals surface area contributed by atoms with Crippen molar-refractivity contribution in [2.75, 3.05) is 6.26 Å². The molecule has 0 amide bonds. The van der Waals surface area contributed by atoms with Crippen LogP contribution in [0.15, 0.2) is 53.4 Å². The van der Waals surface area contributed by atoms with Crippen molar-refractivity contribution < 1.29 is 17.9 Å². The van der Waals surface area contributed by atoms with E-state index in [0.29, 0.717) is 27.4 Å². The second kappa shape index (κ2) is 7.84. The third-order valence-corrected chi connectivity index (χ3v) is 5.36. The first kappa shape index (κ1) is 19.6. The second-order valence-corrected chi connectivity index (χ2v) is 8.31. The topological polar surface area (TPSA) is 102 Å². The van der Waals surface area contributed by atoms with E-state index >= 15 is 0 Å². The molecule has 142 valence electrons. The summed E-state index contributed by atoms with van der Waals surface area (Å²) in [5.41, 5.74) is 2.21. The maximum absolute atomic E-state index is 11.7. The minimum Gasteiger partial charge on any atom is -0.409 e. The van der Waals surface area contributed by atoms with Gasteiger partial charge < -0.3 is 4.74 Å². The number of aromatic nitrogens is 2. The van der Waals surface area contributed by atoms with Crippen molar-refractivity contribution >= 4 is 27.9 Å². The third kappa shape index (κ3) is 3.91. The van der Waals surface area contributed by atoms with Crippen molar-refractivity contribution in [3.05, 3.63) is 53.6 Å². The van der Waals surface area contributed by atoms with Gasteiger partial charge in [0.2, 0.25) is 5.88 Å². The van der Waals surface area contributed by atoms with E-state index < -0.39 is 9.84 Å². The van der Waals surface area contributed by atoms with Gasteiger partial charge in [0.05, 0.1) is 16.5 Å². The van der Waals surface area contributed by atoms with Gasteiger partial charge >= 0.3 is 0 Å². The number of ether oxygens (including phenoxy) is 1. The summed E-state index contributed by atoms with van der Waals surface area (Å²) in [5, 5.41) is 14.0. The van der Waals surface area contributed by atoms with Crippen LogP contribution in [0.25, 0.3) is 22.4 Å². The highest BCUT2D eigenvalue weighted by Gasteiger charge is 2.22. The van der Waals surface area contributed by atoms with Crippen molar-refractivity contribution in [2.24, 2.45) is 0 Å². The molecular weight excluding hydrogens is 402 g/mol. The van der Waals surface area contributed by atoms with Crippen LogP contribution in [0.2, 0.25) is 5.02 Å². The fourth-order valence-electron chi connectivity index (χ4n) is 2.72. The monoisotopic (exact) mass is 415 g/mol. The summed E-state index contributed by atoms with van der Waals surface area (Å²) in [6.07, 6.45) is 1.12. The molecule has 0 saturated heterocycles. The first-order valence-corrected chi connectivity index (χ1v) is 10.3. The second-order valence-electron chi connectivity index (χ2n) is 5.86. The molecule has 0 radical (unpaired) electrons. The number of nitriles is 1. The number of carbonyl (C=O) groups is 1. The Labute approximate surface area is 166 Å². The first-order chi connectivity index (χ1) is 13.3. The zero-order chi connectivity index (χ0) is 20.3. The molecule has 0 atom stereocenters. The molecule has 3 aromatic rings. The highest BCUT2D eigenvalue weighted by Crippen LogP contribution is 2.39. The SMILES string of the molecule is CS(=O)(=O)c1ccc(-c2nn(CC#N)c(OC=O)c2-c2ccc(Cl)cc2)cc1. The van der Waals surface area contributed by atoms with E-state index in [1.54, 1.807) is 36.4 Å². The molecule has 7 nitrogen and oxygen atoms in total. The molecule has 0 saturated carbocycles. The molecule has 9 heteroatoms. The Morgan fingerprint density at radius 3 is 2.29 bits per heavy atom. The van der Waals surface area contributed by atoms with Crippen molar-refractivity contribution in [3.63, 3.8) is 0 Å². The van der Waals surface area contributed by atoms with Crippen LogP contribution in [0.5, 0.6) is 5.88 Å². The van der Waals surface area contributed by atoms with Crippen molar-refractivity contribution in [1.82, 2.24) is 9.78 Å². The Morgan fingerprint density at radius 2 is 1.75 bits per heavy atom. The van der Waals surface area contributed by atoms with Crippen molar-refractivity contribution in [1.29, 1.82) is 5.26 Å². The molecule has 28 heavy (non-hydrogen) atoms. The van der Waals surface area contributed by atoms with Crippen LogP contribution in [0.4, 0.5) is 0 Å². The van der Waals surface area contributed by atoms with Crippen LogP contribution in [0.1, 0.15) is 0 Å². The van der Waals surface area contributed by atoms with Crippen molar-refractivity contribution in [3.8, 4) is 34.3 Å². The van der Waals surface area contributed by atoms with Gasteiger partial charge in [0.1, 0.15) is 12.2 Å². The Hall–Kier alpha value is -3.15. The molecule has 0 fully saturated rings. The quantitative estimate of drug-likeness (QED) is 0.572. The average molecular weight is 416 g/mol. The summed E-state index contributed by atoms with van der Waals surface area (Å²) in [6.45, 7) is 0.131. The summed E-state index contributed by atoms with van der Waals surface area (Å²) in [5.74, 6) is 0.112. The molecule has 2 aromatic carbocycles. The molecule has 3 rings (SSSR count). The number of hydrogen-bond donors (Lipinski definition) is 0. The van der Waals surface area contributed by atoms with E-state index in [9.17, 15) is 13.2 Å². The van der Waals surface area contributed by atoms with Crippen LogP contribution in [-0.2, 0) is 21.2 Å². The van der Waals surface area contributed by atoms with Gasteiger partial charge in [-0.1, -0.05) is 35.9 Å². The Morgan fingerprint density at radius 1 is 1.14 bits per heavy atom. The van der Waals surface area contributed by atoms with Gasteiger partial charge in [-0.2, -0.15) is 10.4 Å².